The molecule has 1 aliphatic heterocycles. The quantitative estimate of drug-likeness (QED) is 0.626. The Kier molecular flexibility index (Phi) is 6.98. The molecular formula is C17H17Cl2N3O7S. The van der Waals surface area contributed by atoms with Crippen molar-refractivity contribution < 1.29 is 32.0 Å². The van der Waals surface area contributed by atoms with Crippen LogP contribution in [0.1, 0.15) is 16.1 Å². The number of hydrogen-bond acceptors (Lipinski definition) is 8. The fourth-order valence-electron chi connectivity index (χ4n) is 2.61. The molecule has 1 saturated heterocycles. The number of amides is 1. The second kappa shape index (κ2) is 9.31. The Morgan fingerprint density at radius 3 is 2.53 bits per heavy atom. The van der Waals surface area contributed by atoms with Crippen LogP contribution in [0.4, 0.5) is 5.88 Å². The Balaban J connectivity index is 1.74. The number of esters is 1. The first kappa shape index (κ1) is 22.5. The highest BCUT2D eigenvalue weighted by molar-refractivity contribution is 7.89. The summed E-state index contributed by atoms with van der Waals surface area (Å²) in [6.07, 6.45) is 0. The van der Waals surface area contributed by atoms with Crippen LogP contribution in [-0.2, 0) is 24.3 Å². The van der Waals surface area contributed by atoms with Crippen molar-refractivity contribution in [1.29, 1.82) is 0 Å². The van der Waals surface area contributed by atoms with Gasteiger partial charge >= 0.3 is 5.97 Å². The lowest BCUT2D eigenvalue weighted by molar-refractivity contribution is -0.119. The maximum Gasteiger partial charge on any atom is 0.340 e. The van der Waals surface area contributed by atoms with Crippen molar-refractivity contribution in [2.45, 2.75) is 11.8 Å². The average molecular weight is 478 g/mol. The third-order valence-electron chi connectivity index (χ3n) is 4.05. The van der Waals surface area contributed by atoms with Gasteiger partial charge in [-0.3, -0.25) is 10.1 Å². The van der Waals surface area contributed by atoms with Crippen LogP contribution >= 0.6 is 23.2 Å². The Labute approximate surface area is 182 Å². The van der Waals surface area contributed by atoms with Gasteiger partial charge < -0.3 is 14.0 Å². The monoisotopic (exact) mass is 477 g/mol. The Morgan fingerprint density at radius 2 is 1.90 bits per heavy atom. The van der Waals surface area contributed by atoms with Gasteiger partial charge in [-0.2, -0.15) is 4.31 Å². The minimum atomic E-state index is -3.98. The molecule has 1 aromatic carbocycles. The fraction of sp³-hybridized carbons (Fsp3) is 0.353. The number of morpholine rings is 1. The number of halogens is 2. The first-order chi connectivity index (χ1) is 14.2. The minimum Gasteiger partial charge on any atom is -0.452 e. The van der Waals surface area contributed by atoms with Crippen LogP contribution in [0, 0.1) is 6.92 Å². The van der Waals surface area contributed by atoms with Gasteiger partial charge in [0.15, 0.2) is 6.61 Å². The lowest BCUT2D eigenvalue weighted by Crippen LogP contribution is -2.40. The van der Waals surface area contributed by atoms with E-state index >= 15 is 0 Å². The summed E-state index contributed by atoms with van der Waals surface area (Å²) in [4.78, 5) is 24.0. The van der Waals surface area contributed by atoms with E-state index in [1.165, 1.54) is 10.4 Å². The van der Waals surface area contributed by atoms with Crippen LogP contribution in [0.25, 0.3) is 0 Å². The van der Waals surface area contributed by atoms with Gasteiger partial charge in [-0.05, 0) is 19.1 Å². The normalized spacial score (nSPS) is 15.0. The molecule has 30 heavy (non-hydrogen) atoms. The molecule has 10 nitrogen and oxygen atoms in total. The molecule has 0 spiro atoms. The summed E-state index contributed by atoms with van der Waals surface area (Å²) in [7, 11) is -3.98. The molecule has 1 aromatic heterocycles. The summed E-state index contributed by atoms with van der Waals surface area (Å²) in [5.74, 6) is -1.57. The highest BCUT2D eigenvalue weighted by Crippen LogP contribution is 2.31. The van der Waals surface area contributed by atoms with Gasteiger partial charge in [-0.15, -0.1) is 0 Å². The van der Waals surface area contributed by atoms with Gasteiger partial charge in [0.2, 0.25) is 15.9 Å². The number of nitrogens with zero attached hydrogens (tertiary/aromatic N) is 2. The summed E-state index contributed by atoms with van der Waals surface area (Å²) in [6, 6.07) is 3.67. The predicted molar refractivity (Wildman–Crippen MR) is 106 cm³/mol. The van der Waals surface area contributed by atoms with Gasteiger partial charge in [-0.1, -0.05) is 28.4 Å². The molecule has 1 amide bonds. The van der Waals surface area contributed by atoms with Crippen LogP contribution in [0.3, 0.4) is 0 Å². The zero-order valence-electron chi connectivity index (χ0n) is 15.7. The number of aryl methyl sites for hydroxylation is 1. The van der Waals surface area contributed by atoms with Crippen molar-refractivity contribution in [3.8, 4) is 0 Å². The first-order valence-electron chi connectivity index (χ1n) is 8.65. The summed E-state index contributed by atoms with van der Waals surface area (Å²) in [5.41, 5.74) is 0.320. The number of benzene rings is 1. The Morgan fingerprint density at radius 1 is 1.20 bits per heavy atom. The van der Waals surface area contributed by atoms with Gasteiger partial charge in [0, 0.05) is 19.2 Å². The average Bonchev–Trinajstić information content (AvgIpc) is 3.11. The van der Waals surface area contributed by atoms with E-state index in [2.05, 4.69) is 10.5 Å². The lowest BCUT2D eigenvalue weighted by Gasteiger charge is -2.26. The highest BCUT2D eigenvalue weighted by atomic mass is 35.5. The molecule has 3 rings (SSSR count). The van der Waals surface area contributed by atoms with Gasteiger partial charge in [0.05, 0.1) is 34.5 Å². The van der Waals surface area contributed by atoms with E-state index in [4.69, 9.17) is 37.2 Å². The molecule has 0 atom stereocenters. The number of rotatable bonds is 6. The molecule has 13 heteroatoms. The third kappa shape index (κ3) is 5.10. The molecule has 1 aliphatic rings. The number of carbonyl (C=O) groups excluding carboxylic acids is 2. The zero-order valence-corrected chi connectivity index (χ0v) is 18.0. The predicted octanol–water partition coefficient (Wildman–Crippen LogP) is 2.11. The van der Waals surface area contributed by atoms with Gasteiger partial charge in [-0.25, -0.2) is 13.2 Å². The maximum absolute atomic E-state index is 12.9. The van der Waals surface area contributed by atoms with E-state index < -0.39 is 28.5 Å². The van der Waals surface area contributed by atoms with Crippen molar-refractivity contribution in [3.05, 3.63) is 39.5 Å². The Hall–Kier alpha value is -2.18. The molecule has 2 heterocycles. The summed E-state index contributed by atoms with van der Waals surface area (Å²) >= 11 is 12.1. The summed E-state index contributed by atoms with van der Waals surface area (Å²) < 4.78 is 41.9. The topological polar surface area (TPSA) is 128 Å². The van der Waals surface area contributed by atoms with E-state index in [1.807, 2.05) is 0 Å². The van der Waals surface area contributed by atoms with Gasteiger partial charge in [0.25, 0.3) is 5.91 Å². The van der Waals surface area contributed by atoms with Crippen molar-refractivity contribution in [2.24, 2.45) is 0 Å². The highest BCUT2D eigenvalue weighted by Gasteiger charge is 2.30. The molecular weight excluding hydrogens is 461 g/mol. The standard InChI is InChI=1S/C17H17Cl2N3O7S/c1-10-6-16(29-21-10)20-15(23)9-28-17(24)11-7-14(13(19)8-12(11)18)30(25,26)22-2-4-27-5-3-22/h6-8H,2-5,9H2,1H3,(H,20,23). The van der Waals surface area contributed by atoms with E-state index in [1.54, 1.807) is 6.92 Å². The number of ether oxygens (including phenoxy) is 2. The number of aromatic nitrogens is 1. The van der Waals surface area contributed by atoms with Crippen LogP contribution < -0.4 is 5.32 Å². The molecule has 2 aromatic rings. The zero-order chi connectivity index (χ0) is 21.9. The van der Waals surface area contributed by atoms with Crippen molar-refractivity contribution in [1.82, 2.24) is 9.46 Å². The largest absolute Gasteiger partial charge is 0.452 e. The number of carbonyl (C=O) groups is 2. The lowest BCUT2D eigenvalue weighted by atomic mass is 10.2. The molecule has 0 radical (unpaired) electrons. The van der Waals surface area contributed by atoms with E-state index in [9.17, 15) is 18.0 Å². The van der Waals surface area contributed by atoms with Crippen LogP contribution in [0.5, 0.6) is 0 Å². The molecule has 162 valence electrons. The maximum atomic E-state index is 12.9. The second-order valence-corrected chi connectivity index (χ2v) is 8.96. The van der Waals surface area contributed by atoms with E-state index in [-0.39, 0.29) is 52.7 Å². The van der Waals surface area contributed by atoms with Crippen molar-refractivity contribution >= 4 is 51.0 Å². The molecule has 0 saturated carbocycles. The summed E-state index contributed by atoms with van der Waals surface area (Å²) in [6.45, 7) is 1.83. The second-order valence-electron chi connectivity index (χ2n) is 6.24. The van der Waals surface area contributed by atoms with Crippen LogP contribution in [-0.4, -0.2) is 62.7 Å². The molecule has 0 unspecified atom stereocenters. The van der Waals surface area contributed by atoms with Gasteiger partial charge in [0.1, 0.15) is 4.90 Å². The SMILES string of the molecule is Cc1cc(NC(=O)COC(=O)c2cc(S(=O)(=O)N3CCOCC3)c(Cl)cc2Cl)on1. The minimum absolute atomic E-state index is 0.0944. The molecule has 1 N–H and O–H groups in total. The van der Waals surface area contributed by atoms with Crippen LogP contribution in [0.2, 0.25) is 10.0 Å². The van der Waals surface area contributed by atoms with Crippen molar-refractivity contribution in [2.75, 3.05) is 38.2 Å². The number of anilines is 1. The molecule has 1 fully saturated rings. The van der Waals surface area contributed by atoms with Crippen molar-refractivity contribution in [3.63, 3.8) is 0 Å². The Bertz CT molecular complexity index is 1070. The number of hydrogen-bond donors (Lipinski definition) is 1. The fourth-order valence-corrected chi connectivity index (χ4v) is 4.85. The molecule has 0 bridgehead atoms. The number of sulfonamides is 1. The van der Waals surface area contributed by atoms with Crippen LogP contribution in [0.15, 0.2) is 27.6 Å². The van der Waals surface area contributed by atoms with E-state index in [0.717, 1.165) is 12.1 Å². The smallest absolute Gasteiger partial charge is 0.340 e. The van der Waals surface area contributed by atoms with E-state index in [0.29, 0.717) is 5.69 Å². The number of nitrogens with one attached hydrogen (secondary N) is 1. The first-order valence-corrected chi connectivity index (χ1v) is 10.9. The molecule has 0 aliphatic carbocycles. The third-order valence-corrected chi connectivity index (χ3v) is 6.73. The summed E-state index contributed by atoms with van der Waals surface area (Å²) in [5, 5.41) is 5.71.